The molecular formula is C17H21F2NO3. The molecule has 23 heavy (non-hydrogen) atoms. The van der Waals surface area contributed by atoms with Gasteiger partial charge in [-0.1, -0.05) is 18.6 Å². The number of halogens is 2. The van der Waals surface area contributed by atoms with E-state index in [4.69, 9.17) is 0 Å². The number of nitrogens with one attached hydrogen (secondary N) is 1. The molecule has 2 N–H and O–H groups in total. The lowest BCUT2D eigenvalue weighted by atomic mass is 9.88. The number of hydrogen-bond donors (Lipinski definition) is 2. The number of carbonyl (C=O) groups excluding carboxylic acids is 1. The van der Waals surface area contributed by atoms with Crippen LogP contribution in [0.5, 0.6) is 5.75 Å². The van der Waals surface area contributed by atoms with E-state index in [-0.39, 0.29) is 24.1 Å². The summed E-state index contributed by atoms with van der Waals surface area (Å²) in [5.41, 5.74) is 0.441. The van der Waals surface area contributed by atoms with Gasteiger partial charge in [0.2, 0.25) is 5.91 Å². The second-order valence-electron chi connectivity index (χ2n) is 6.49. The molecule has 0 saturated heterocycles. The molecule has 0 aliphatic heterocycles. The van der Waals surface area contributed by atoms with E-state index < -0.39 is 12.7 Å². The maximum absolute atomic E-state index is 12.2. The monoisotopic (exact) mass is 325 g/mol. The van der Waals surface area contributed by atoms with Gasteiger partial charge in [-0.25, -0.2) is 0 Å². The summed E-state index contributed by atoms with van der Waals surface area (Å²) in [7, 11) is 0. The number of amides is 1. The van der Waals surface area contributed by atoms with Gasteiger partial charge in [-0.15, -0.1) is 0 Å². The van der Waals surface area contributed by atoms with Crippen molar-refractivity contribution in [3.63, 3.8) is 0 Å². The van der Waals surface area contributed by atoms with Crippen LogP contribution >= 0.6 is 0 Å². The lowest BCUT2D eigenvalue weighted by Crippen LogP contribution is -2.36. The lowest BCUT2D eigenvalue weighted by Gasteiger charge is -2.22. The minimum Gasteiger partial charge on any atom is -0.435 e. The van der Waals surface area contributed by atoms with Gasteiger partial charge in [0, 0.05) is 12.5 Å². The van der Waals surface area contributed by atoms with E-state index in [0.29, 0.717) is 17.4 Å². The highest BCUT2D eigenvalue weighted by atomic mass is 19.3. The Morgan fingerprint density at radius 1 is 1.35 bits per heavy atom. The number of aliphatic hydroxyl groups is 1. The van der Waals surface area contributed by atoms with E-state index in [1.165, 1.54) is 24.6 Å². The van der Waals surface area contributed by atoms with Crippen LogP contribution in [-0.4, -0.2) is 24.2 Å². The van der Waals surface area contributed by atoms with Gasteiger partial charge in [0.1, 0.15) is 5.75 Å². The first-order chi connectivity index (χ1) is 11.0. The van der Waals surface area contributed by atoms with Gasteiger partial charge < -0.3 is 15.2 Å². The normalized spacial score (nSPS) is 27.2. The average Bonchev–Trinajstić information content (AvgIpc) is 3.15. The topological polar surface area (TPSA) is 58.6 Å². The van der Waals surface area contributed by atoms with Gasteiger partial charge in [-0.3, -0.25) is 4.79 Å². The van der Waals surface area contributed by atoms with Gasteiger partial charge in [0.15, 0.2) is 0 Å². The first kappa shape index (κ1) is 16.2. The molecular weight excluding hydrogens is 304 g/mol. The predicted octanol–water partition coefficient (Wildman–Crippen LogP) is 2.87. The maximum Gasteiger partial charge on any atom is 0.387 e. The molecule has 0 radical (unpaired) electrons. The Morgan fingerprint density at radius 3 is 2.83 bits per heavy atom. The first-order valence-corrected chi connectivity index (χ1v) is 8.03. The summed E-state index contributed by atoms with van der Waals surface area (Å²) >= 11 is 0. The number of rotatable bonds is 6. The lowest BCUT2D eigenvalue weighted by molar-refractivity contribution is -0.127. The summed E-state index contributed by atoms with van der Waals surface area (Å²) in [6.45, 7) is -2.83. The quantitative estimate of drug-likeness (QED) is 0.845. The fourth-order valence-corrected chi connectivity index (χ4v) is 3.91. The number of benzene rings is 1. The van der Waals surface area contributed by atoms with E-state index in [2.05, 4.69) is 10.1 Å². The number of carbonyl (C=O) groups is 1. The van der Waals surface area contributed by atoms with Crippen LogP contribution in [0.25, 0.3) is 0 Å². The molecule has 3 rings (SSSR count). The van der Waals surface area contributed by atoms with E-state index in [1.54, 1.807) is 6.07 Å². The molecule has 0 spiro atoms. The highest BCUT2D eigenvalue weighted by Gasteiger charge is 2.42. The third kappa shape index (κ3) is 3.80. The summed E-state index contributed by atoms with van der Waals surface area (Å²) in [5, 5.41) is 12.9. The van der Waals surface area contributed by atoms with Crippen molar-refractivity contribution in [1.82, 2.24) is 5.32 Å². The Kier molecular flexibility index (Phi) is 4.80. The predicted molar refractivity (Wildman–Crippen MR) is 80.0 cm³/mol. The summed E-state index contributed by atoms with van der Waals surface area (Å²) < 4.78 is 28.7. The Morgan fingerprint density at radius 2 is 2.17 bits per heavy atom. The van der Waals surface area contributed by atoms with E-state index >= 15 is 0 Å². The van der Waals surface area contributed by atoms with Crippen LogP contribution in [0.15, 0.2) is 24.3 Å². The van der Waals surface area contributed by atoms with Crippen LogP contribution in [0, 0.1) is 17.8 Å². The Balaban J connectivity index is 1.53. The molecule has 0 heterocycles. The minimum atomic E-state index is -2.90. The van der Waals surface area contributed by atoms with Crippen LogP contribution in [0.3, 0.4) is 0 Å². The molecule has 1 aromatic carbocycles. The molecule has 0 aromatic heterocycles. The zero-order valence-electron chi connectivity index (χ0n) is 12.8. The smallest absolute Gasteiger partial charge is 0.387 e. The summed E-state index contributed by atoms with van der Waals surface area (Å²) in [5.74, 6) is 1.23. The van der Waals surface area contributed by atoms with Crippen molar-refractivity contribution in [2.75, 3.05) is 6.54 Å². The van der Waals surface area contributed by atoms with E-state index in [9.17, 15) is 18.7 Å². The molecule has 1 aromatic rings. The number of hydrogen-bond acceptors (Lipinski definition) is 3. The van der Waals surface area contributed by atoms with Crippen LogP contribution in [0.4, 0.5) is 8.78 Å². The molecule has 2 saturated carbocycles. The molecule has 2 aliphatic carbocycles. The first-order valence-electron chi connectivity index (χ1n) is 8.03. The van der Waals surface area contributed by atoms with Gasteiger partial charge >= 0.3 is 6.61 Å². The van der Waals surface area contributed by atoms with Crippen molar-refractivity contribution in [3.05, 3.63) is 29.8 Å². The fourth-order valence-electron chi connectivity index (χ4n) is 3.91. The molecule has 4 atom stereocenters. The molecule has 4 nitrogen and oxygen atoms in total. The second-order valence-corrected chi connectivity index (χ2v) is 6.49. The number of fused-ring (bicyclic) bond motifs is 2. The third-order valence-corrected chi connectivity index (χ3v) is 5.01. The van der Waals surface area contributed by atoms with Crippen molar-refractivity contribution in [3.8, 4) is 5.75 Å². The van der Waals surface area contributed by atoms with Crippen LogP contribution < -0.4 is 10.1 Å². The standard InChI is InChI=1S/C17H21F2NO3/c18-17(19)23-13-3-1-2-12(8-13)15(21)9-20-16(22)14-7-10-4-5-11(14)6-10/h1-3,8,10-11,14-15,17,21H,4-7,9H2,(H,20,22). The Labute approximate surface area is 133 Å². The molecule has 4 unspecified atom stereocenters. The zero-order chi connectivity index (χ0) is 16.4. The molecule has 126 valence electrons. The minimum absolute atomic E-state index is 0.00349. The fraction of sp³-hybridized carbons (Fsp3) is 0.588. The Hall–Kier alpha value is -1.69. The second kappa shape index (κ2) is 6.83. The van der Waals surface area contributed by atoms with Crippen LogP contribution in [-0.2, 0) is 4.79 Å². The van der Waals surface area contributed by atoms with Gasteiger partial charge in [0.25, 0.3) is 0 Å². The number of aliphatic hydroxyl groups excluding tert-OH is 1. The SMILES string of the molecule is O=C(NCC(O)c1cccc(OC(F)F)c1)C1CC2CCC1C2. The Bertz CT molecular complexity index is 567. The third-order valence-electron chi connectivity index (χ3n) is 5.01. The van der Waals surface area contributed by atoms with Gasteiger partial charge in [-0.05, 0) is 48.8 Å². The molecule has 6 heteroatoms. The van der Waals surface area contributed by atoms with Crippen molar-refractivity contribution < 1.29 is 23.4 Å². The molecule has 2 fully saturated rings. The average molecular weight is 325 g/mol. The molecule has 1 amide bonds. The van der Waals surface area contributed by atoms with Crippen molar-refractivity contribution >= 4 is 5.91 Å². The van der Waals surface area contributed by atoms with Crippen LogP contribution in [0.2, 0.25) is 0 Å². The van der Waals surface area contributed by atoms with E-state index in [1.807, 2.05) is 0 Å². The molecule has 2 bridgehead atoms. The van der Waals surface area contributed by atoms with Crippen molar-refractivity contribution in [2.45, 2.75) is 38.4 Å². The van der Waals surface area contributed by atoms with Crippen molar-refractivity contribution in [1.29, 1.82) is 0 Å². The number of ether oxygens (including phenoxy) is 1. The van der Waals surface area contributed by atoms with E-state index in [0.717, 1.165) is 19.3 Å². The summed E-state index contributed by atoms with van der Waals surface area (Å²) in [4.78, 5) is 12.2. The maximum atomic E-state index is 12.2. The number of alkyl halides is 2. The highest BCUT2D eigenvalue weighted by Crippen LogP contribution is 2.48. The van der Waals surface area contributed by atoms with Gasteiger partial charge in [0.05, 0.1) is 6.10 Å². The molecule has 2 aliphatic rings. The van der Waals surface area contributed by atoms with Gasteiger partial charge in [-0.2, -0.15) is 8.78 Å². The summed E-state index contributed by atoms with van der Waals surface area (Å²) in [6, 6.07) is 5.91. The summed E-state index contributed by atoms with van der Waals surface area (Å²) in [6.07, 6.45) is 3.50. The largest absolute Gasteiger partial charge is 0.435 e. The highest BCUT2D eigenvalue weighted by molar-refractivity contribution is 5.79. The van der Waals surface area contributed by atoms with Crippen molar-refractivity contribution in [2.24, 2.45) is 17.8 Å². The zero-order valence-corrected chi connectivity index (χ0v) is 12.8. The van der Waals surface area contributed by atoms with Crippen LogP contribution in [0.1, 0.15) is 37.4 Å².